The Balaban J connectivity index is 1.17. The smallest absolute Gasteiger partial charge is 0.350 e. The summed E-state index contributed by atoms with van der Waals surface area (Å²) in [7, 11) is 0. The maximum absolute atomic E-state index is 13.5. The zero-order valence-corrected chi connectivity index (χ0v) is 33.1. The number of anilines is 1. The van der Waals surface area contributed by atoms with E-state index in [1.54, 1.807) is 6.92 Å². The second-order valence-corrected chi connectivity index (χ2v) is 16.5. The van der Waals surface area contributed by atoms with E-state index in [0.717, 1.165) is 35.1 Å². The number of carboxylic acids is 2. The van der Waals surface area contributed by atoms with Crippen LogP contribution in [0.1, 0.15) is 49.8 Å². The molecule has 0 radical (unpaired) electrons. The van der Waals surface area contributed by atoms with E-state index in [1.807, 2.05) is 0 Å². The number of nitrogens with one attached hydrogen (secondary N) is 2. The van der Waals surface area contributed by atoms with Crippen molar-refractivity contribution in [1.29, 1.82) is 0 Å². The van der Waals surface area contributed by atoms with Gasteiger partial charge in [-0.05, 0) is 20.8 Å². The summed E-state index contributed by atoms with van der Waals surface area (Å²) >= 11 is 8.42. The van der Waals surface area contributed by atoms with Crippen molar-refractivity contribution < 1.29 is 53.7 Å². The average Bonchev–Trinajstić information content (AvgIpc) is 3.81. The molecule has 2 atom stereocenters. The molecule has 0 bridgehead atoms. The largest absolute Gasteiger partial charge is 0.543 e. The number of aromatic nitrogens is 3. The van der Waals surface area contributed by atoms with E-state index < -0.39 is 80.0 Å². The van der Waals surface area contributed by atoms with Crippen LogP contribution in [0, 0.1) is 0 Å². The van der Waals surface area contributed by atoms with E-state index in [-0.39, 0.29) is 52.8 Å². The molecule has 304 valence electrons. The van der Waals surface area contributed by atoms with Crippen LogP contribution in [0.25, 0.3) is 10.9 Å². The van der Waals surface area contributed by atoms with Crippen LogP contribution in [0.5, 0.6) is 11.5 Å². The molecule has 2 aromatic heterocycles. The summed E-state index contributed by atoms with van der Waals surface area (Å²) in [6.45, 7) is 6.26. The number of rotatable bonds is 14. The van der Waals surface area contributed by atoms with Gasteiger partial charge in [-0.3, -0.25) is 28.8 Å². The minimum Gasteiger partial charge on any atom is -0.543 e. The summed E-state index contributed by atoms with van der Waals surface area (Å²) in [5.41, 5.74) is 2.40. The lowest BCUT2D eigenvalue weighted by Gasteiger charge is -2.51. The Labute approximate surface area is 336 Å². The first kappa shape index (κ1) is 41.2. The first-order chi connectivity index (χ1) is 26.9. The monoisotopic (exact) mass is 847 g/mol. The fourth-order valence-corrected chi connectivity index (χ4v) is 9.09. The van der Waals surface area contributed by atoms with Gasteiger partial charge in [0, 0.05) is 42.2 Å². The molecule has 3 aliphatic rings. The number of phenolic OH excluding ortho intramolecular Hbond substituents is 2. The summed E-state index contributed by atoms with van der Waals surface area (Å²) in [6, 6.07) is -0.0413. The van der Waals surface area contributed by atoms with Crippen molar-refractivity contribution in [2.45, 2.75) is 57.2 Å². The first-order valence-electron chi connectivity index (χ1n) is 17.6. The Morgan fingerprint density at radius 3 is 2.53 bits per heavy atom. The number of thiazole rings is 1. The maximum Gasteiger partial charge on any atom is 0.350 e. The number of nitrogens with two attached hydrogens (primary N) is 1. The number of amides is 3. The molecule has 6 rings (SSSR count). The van der Waals surface area contributed by atoms with Crippen molar-refractivity contribution in [2.24, 2.45) is 5.16 Å². The number of hydrogen-bond acceptors (Lipinski definition) is 16. The molecule has 3 aliphatic heterocycles. The standard InChI is InChI=1S/C34H38ClN9O11S2/c1-4-42-17-11-18(45)25(46)20(35)19(17)26(47)22(40-42)27(48)37-7-10-44(8-5-6-9-44)12-15-13-56-30-23(29(50)43(30)24(15)31(51)52)39-28(49)21(16-14-57-33(36)38-16)41-55-34(2,3)32(53)54/h11,14,23,30H,4-10,12-13H2,1-3H3,(H7-,36,37,38,39,40,41,45,46,47,48,49,51,52,53,54)/t23-,30-/m1/s1. The summed E-state index contributed by atoms with van der Waals surface area (Å²) in [5, 5.41) is 55.5. The summed E-state index contributed by atoms with van der Waals surface area (Å²) in [5.74, 6) is -6.45. The number of hydrogen-bond donors (Lipinski definition) is 6. The number of quaternary nitrogens is 1. The molecule has 57 heavy (non-hydrogen) atoms. The third-order valence-electron chi connectivity index (χ3n) is 9.96. The number of carboxylic acid groups (broad SMARTS) is 2. The van der Waals surface area contributed by atoms with Crippen molar-refractivity contribution >= 4 is 86.1 Å². The van der Waals surface area contributed by atoms with Crippen molar-refractivity contribution in [1.82, 2.24) is 30.3 Å². The molecule has 1 aromatic carbocycles. The zero-order chi connectivity index (χ0) is 41.6. The number of carbonyl (C=O) groups is 5. The number of carbonyl (C=O) groups excluding carboxylic acids is 4. The summed E-state index contributed by atoms with van der Waals surface area (Å²) < 4.78 is 1.67. The van der Waals surface area contributed by atoms with Gasteiger partial charge in [0.05, 0.1) is 53.8 Å². The van der Waals surface area contributed by atoms with Crippen molar-refractivity contribution in [3.05, 3.63) is 49.4 Å². The minimum atomic E-state index is -1.82. The number of aliphatic carboxylic acids is 2. The molecule has 0 saturated carbocycles. The van der Waals surface area contributed by atoms with Crippen LogP contribution in [0.4, 0.5) is 5.13 Å². The van der Waals surface area contributed by atoms with E-state index in [9.17, 15) is 49.2 Å². The normalized spacial score (nSPS) is 19.3. The lowest BCUT2D eigenvalue weighted by Crippen LogP contribution is -2.72. The second-order valence-electron chi connectivity index (χ2n) is 14.1. The number of benzene rings is 1. The van der Waals surface area contributed by atoms with Crippen LogP contribution in [-0.2, 0) is 30.6 Å². The van der Waals surface area contributed by atoms with Crippen LogP contribution in [0.15, 0.2) is 32.7 Å². The molecule has 2 saturated heterocycles. The topological polar surface area (TPSA) is 292 Å². The molecule has 5 heterocycles. The molecule has 23 heteroatoms. The highest BCUT2D eigenvalue weighted by Crippen LogP contribution is 2.41. The molecule has 7 N–H and O–H groups in total. The number of aromatic hydroxyl groups is 2. The lowest BCUT2D eigenvalue weighted by molar-refractivity contribution is -0.911. The highest BCUT2D eigenvalue weighted by molar-refractivity contribution is 8.00. The maximum atomic E-state index is 13.5. The summed E-state index contributed by atoms with van der Waals surface area (Å²) in [6.07, 6.45) is 1.64. The Morgan fingerprint density at radius 2 is 1.91 bits per heavy atom. The van der Waals surface area contributed by atoms with Gasteiger partial charge in [-0.15, -0.1) is 23.1 Å². The number of phenols is 2. The Morgan fingerprint density at radius 1 is 1.21 bits per heavy atom. The molecule has 3 aromatic rings. The molecule has 3 amide bonds. The van der Waals surface area contributed by atoms with Crippen LogP contribution in [0.3, 0.4) is 0 Å². The molecule has 0 unspecified atom stereocenters. The Kier molecular flexibility index (Phi) is 11.4. The van der Waals surface area contributed by atoms with E-state index in [0.29, 0.717) is 29.7 Å². The minimum absolute atomic E-state index is 0.0260. The van der Waals surface area contributed by atoms with E-state index >= 15 is 0 Å². The van der Waals surface area contributed by atoms with Crippen molar-refractivity contribution in [2.75, 3.05) is 44.2 Å². The third kappa shape index (κ3) is 7.81. The van der Waals surface area contributed by atoms with Gasteiger partial charge in [0.2, 0.25) is 11.0 Å². The van der Waals surface area contributed by atoms with Gasteiger partial charge in [-0.25, -0.2) is 9.78 Å². The predicted octanol–water partition coefficient (Wildman–Crippen LogP) is -0.452. The van der Waals surface area contributed by atoms with Gasteiger partial charge in [0.25, 0.3) is 17.7 Å². The quantitative estimate of drug-likeness (QED) is 0.0394. The predicted molar refractivity (Wildman–Crippen MR) is 204 cm³/mol. The molecular weight excluding hydrogens is 810 g/mol. The molecule has 20 nitrogen and oxygen atoms in total. The SMILES string of the molecule is CCn1nc(C(=O)NCC[N+]2(CC3=C(C(=O)[O-])N4C(=O)[C@@H](NC(=O)/C(=N\OC(C)(C)C(=O)O)c5csc(N)n5)[C@H]4SC3)CCCC2)c(=O)c2c(Cl)c(O)c(O)cc21. The van der Waals surface area contributed by atoms with Crippen LogP contribution >= 0.6 is 34.7 Å². The number of nitrogens with zero attached hydrogens (tertiary/aromatic N) is 6. The lowest BCUT2D eigenvalue weighted by atomic mass is 10.0. The number of β-lactam (4-membered cyclic amide) rings is 1. The fraction of sp³-hybridized carbons (Fsp3) is 0.441. The van der Waals surface area contributed by atoms with Gasteiger partial charge in [0.1, 0.15) is 23.7 Å². The van der Waals surface area contributed by atoms with Crippen molar-refractivity contribution in [3.8, 4) is 11.5 Å². The van der Waals surface area contributed by atoms with Gasteiger partial charge >= 0.3 is 5.97 Å². The number of fused-ring (bicyclic) bond motifs is 2. The highest BCUT2D eigenvalue weighted by atomic mass is 35.5. The average molecular weight is 848 g/mol. The number of likely N-dealkylation sites (tertiary alicyclic amines) is 1. The molecule has 2 fully saturated rings. The molecule has 0 spiro atoms. The van der Waals surface area contributed by atoms with Gasteiger partial charge in [-0.1, -0.05) is 16.8 Å². The van der Waals surface area contributed by atoms with Crippen molar-refractivity contribution in [3.63, 3.8) is 0 Å². The van der Waals surface area contributed by atoms with Gasteiger partial charge in [-0.2, -0.15) is 5.10 Å². The number of halogens is 1. The van der Waals surface area contributed by atoms with Crippen LogP contribution < -0.4 is 26.9 Å². The number of aryl methyl sites for hydroxylation is 1. The highest BCUT2D eigenvalue weighted by Gasteiger charge is 2.54. The second kappa shape index (κ2) is 15.8. The van der Waals surface area contributed by atoms with Gasteiger partial charge < -0.3 is 50.9 Å². The number of nitrogen functional groups attached to an aromatic ring is 1. The Hall–Kier alpha value is -5.45. The molecule has 0 aliphatic carbocycles. The Bertz CT molecular complexity index is 2320. The van der Waals surface area contributed by atoms with E-state index in [2.05, 4.69) is 25.9 Å². The summed E-state index contributed by atoms with van der Waals surface area (Å²) in [4.78, 5) is 88.1. The van der Waals surface area contributed by atoms with E-state index in [4.69, 9.17) is 22.2 Å². The number of thioether (sulfide) groups is 1. The number of oxime groups is 1. The van der Waals surface area contributed by atoms with Crippen LogP contribution in [-0.4, -0.2) is 130 Å². The first-order valence-corrected chi connectivity index (χ1v) is 19.9. The molecular formula is C34H38ClN9O11S2. The van der Waals surface area contributed by atoms with E-state index in [1.165, 1.54) is 35.7 Å². The fourth-order valence-electron chi connectivity index (χ4n) is 6.93. The van der Waals surface area contributed by atoms with Gasteiger partial charge in [0.15, 0.2) is 28.0 Å². The van der Waals surface area contributed by atoms with Crippen LogP contribution in [0.2, 0.25) is 5.02 Å². The zero-order valence-electron chi connectivity index (χ0n) is 30.7. The third-order valence-corrected chi connectivity index (χ3v) is 12.3.